The maximum Gasteiger partial charge on any atom is 0.416 e. The molecule has 35 heavy (non-hydrogen) atoms. The van der Waals surface area contributed by atoms with Gasteiger partial charge in [0.25, 0.3) is 5.91 Å². The van der Waals surface area contributed by atoms with E-state index in [1.165, 1.54) is 10.0 Å². The summed E-state index contributed by atoms with van der Waals surface area (Å²) in [5.41, 5.74) is 0.992. The summed E-state index contributed by atoms with van der Waals surface area (Å²) in [5, 5.41) is 5.67. The summed E-state index contributed by atoms with van der Waals surface area (Å²) >= 11 is 12.0. The molecule has 2 unspecified atom stereocenters. The number of anilines is 1. The molecule has 0 spiro atoms. The summed E-state index contributed by atoms with van der Waals surface area (Å²) in [6.07, 6.45) is -4.49. The Morgan fingerprint density at radius 2 is 1.54 bits per heavy atom. The van der Waals surface area contributed by atoms with Crippen molar-refractivity contribution in [1.29, 1.82) is 0 Å². The van der Waals surface area contributed by atoms with Crippen LogP contribution in [0.5, 0.6) is 0 Å². The molecule has 4 rings (SSSR count). The van der Waals surface area contributed by atoms with Crippen LogP contribution in [0.2, 0.25) is 5.02 Å². The Labute approximate surface area is 210 Å². The highest BCUT2D eigenvalue weighted by atomic mass is 35.5. The molecule has 3 aromatic rings. The van der Waals surface area contributed by atoms with Gasteiger partial charge in [-0.3, -0.25) is 4.79 Å². The molecule has 182 valence electrons. The van der Waals surface area contributed by atoms with Crippen LogP contribution in [0.4, 0.5) is 23.7 Å². The zero-order valence-corrected chi connectivity index (χ0v) is 19.7. The summed E-state index contributed by atoms with van der Waals surface area (Å²) in [5.74, 6) is -1.15. The van der Waals surface area contributed by atoms with E-state index in [0.717, 1.165) is 35.4 Å². The van der Waals surface area contributed by atoms with Crippen molar-refractivity contribution in [1.82, 2.24) is 10.0 Å². The van der Waals surface area contributed by atoms with Crippen molar-refractivity contribution in [2.24, 2.45) is 0 Å². The average Bonchev–Trinajstić information content (AvgIpc) is 3.25. The van der Waals surface area contributed by atoms with Crippen molar-refractivity contribution in [2.75, 3.05) is 17.7 Å². The van der Waals surface area contributed by atoms with Gasteiger partial charge in [0.15, 0.2) is 0 Å². The number of hydrogen-bond donors (Lipinski definition) is 1. The first kappa shape index (κ1) is 24.9. The first-order chi connectivity index (χ1) is 16.7. The summed E-state index contributed by atoms with van der Waals surface area (Å²) in [6, 6.07) is 19.3. The first-order valence-electron chi connectivity index (χ1n) is 10.6. The van der Waals surface area contributed by atoms with Gasteiger partial charge in [0.1, 0.15) is 5.88 Å². The Balaban J connectivity index is 1.69. The van der Waals surface area contributed by atoms with E-state index in [2.05, 4.69) is 5.32 Å². The van der Waals surface area contributed by atoms with Crippen molar-refractivity contribution in [3.8, 4) is 0 Å². The predicted octanol–water partition coefficient (Wildman–Crippen LogP) is 6.71. The molecule has 1 saturated heterocycles. The molecule has 0 radical (unpaired) electrons. The zero-order chi connectivity index (χ0) is 25.2. The third-order valence-electron chi connectivity index (χ3n) is 5.78. The molecule has 1 N–H and O–H groups in total. The van der Waals surface area contributed by atoms with Crippen LogP contribution in [0.15, 0.2) is 78.9 Å². The van der Waals surface area contributed by atoms with Crippen molar-refractivity contribution < 1.29 is 22.8 Å². The fraction of sp³-hybridized carbons (Fsp3) is 0.200. The van der Waals surface area contributed by atoms with Gasteiger partial charge in [-0.25, -0.2) is 14.8 Å². The molecular weight excluding hydrogens is 502 g/mol. The number of nitrogens with one attached hydrogen (secondary N) is 1. The van der Waals surface area contributed by atoms with Crippen LogP contribution in [-0.4, -0.2) is 34.4 Å². The van der Waals surface area contributed by atoms with Gasteiger partial charge in [-0.2, -0.15) is 13.2 Å². The monoisotopic (exact) mass is 521 g/mol. The molecule has 3 aromatic carbocycles. The van der Waals surface area contributed by atoms with E-state index in [-0.39, 0.29) is 24.0 Å². The number of amides is 3. The maximum absolute atomic E-state index is 13.3. The molecule has 1 fully saturated rings. The van der Waals surface area contributed by atoms with Crippen LogP contribution in [0.1, 0.15) is 28.7 Å². The standard InChI is InChI=1S/C25H20Cl2F3N3O2/c26-14-22(34)33-23(17-6-10-19(27)11-7-17)21(16-4-2-1-3-5-16)15-32(33)24(35)31-20-12-8-18(9-13-20)25(28,29)30/h1-13,21,23H,14-15H2,(H,31,35). The lowest BCUT2D eigenvalue weighted by Crippen LogP contribution is -2.48. The van der Waals surface area contributed by atoms with E-state index in [0.29, 0.717) is 5.02 Å². The zero-order valence-electron chi connectivity index (χ0n) is 18.2. The van der Waals surface area contributed by atoms with Gasteiger partial charge in [-0.1, -0.05) is 54.1 Å². The third kappa shape index (κ3) is 5.39. The molecule has 3 amide bonds. The second kappa shape index (κ2) is 10.2. The van der Waals surface area contributed by atoms with Crippen molar-refractivity contribution >= 4 is 40.8 Å². The molecule has 2 atom stereocenters. The molecule has 1 aliphatic rings. The lowest BCUT2D eigenvalue weighted by molar-refractivity contribution is -0.140. The number of hydrogen-bond acceptors (Lipinski definition) is 2. The Hall–Kier alpha value is -3.23. The molecule has 0 aliphatic carbocycles. The molecule has 0 aromatic heterocycles. The number of halogens is 5. The molecule has 10 heteroatoms. The number of benzene rings is 3. The van der Waals surface area contributed by atoms with Crippen LogP contribution >= 0.6 is 23.2 Å². The van der Waals surface area contributed by atoms with Crippen LogP contribution in [0.3, 0.4) is 0 Å². The summed E-state index contributed by atoms with van der Waals surface area (Å²) in [7, 11) is 0. The Morgan fingerprint density at radius 3 is 2.11 bits per heavy atom. The normalized spacial score (nSPS) is 18.0. The van der Waals surface area contributed by atoms with E-state index in [1.54, 1.807) is 24.3 Å². The highest BCUT2D eigenvalue weighted by Gasteiger charge is 2.46. The van der Waals surface area contributed by atoms with Crippen LogP contribution in [-0.2, 0) is 11.0 Å². The number of carbonyl (C=O) groups is 2. The molecule has 1 heterocycles. The van der Waals surface area contributed by atoms with Crippen molar-refractivity contribution in [2.45, 2.75) is 18.1 Å². The predicted molar refractivity (Wildman–Crippen MR) is 128 cm³/mol. The molecule has 1 aliphatic heterocycles. The Kier molecular flexibility index (Phi) is 7.23. The van der Waals surface area contributed by atoms with Gasteiger partial charge in [0.05, 0.1) is 18.2 Å². The lowest BCUT2D eigenvalue weighted by Gasteiger charge is -2.32. The molecular formula is C25H20Cl2F3N3O2. The highest BCUT2D eigenvalue weighted by Crippen LogP contribution is 2.44. The summed E-state index contributed by atoms with van der Waals surface area (Å²) in [4.78, 5) is 26.3. The second-order valence-electron chi connectivity index (χ2n) is 7.97. The van der Waals surface area contributed by atoms with Gasteiger partial charge >= 0.3 is 12.2 Å². The van der Waals surface area contributed by atoms with Gasteiger partial charge < -0.3 is 5.32 Å². The number of carbonyl (C=O) groups excluding carboxylic acids is 2. The fourth-order valence-electron chi connectivity index (χ4n) is 4.18. The number of hydrazine groups is 1. The number of alkyl halides is 4. The smallest absolute Gasteiger partial charge is 0.306 e. The van der Waals surface area contributed by atoms with E-state index in [1.807, 2.05) is 30.3 Å². The van der Waals surface area contributed by atoms with Crippen LogP contribution < -0.4 is 5.32 Å². The first-order valence-corrected chi connectivity index (χ1v) is 11.5. The fourth-order valence-corrected chi connectivity index (χ4v) is 4.43. The maximum atomic E-state index is 13.3. The van der Waals surface area contributed by atoms with E-state index < -0.39 is 29.7 Å². The largest absolute Gasteiger partial charge is 0.416 e. The molecule has 0 bridgehead atoms. The van der Waals surface area contributed by atoms with Gasteiger partial charge in [0.2, 0.25) is 0 Å². The quantitative estimate of drug-likeness (QED) is 0.387. The second-order valence-corrected chi connectivity index (χ2v) is 8.68. The average molecular weight is 522 g/mol. The SMILES string of the molecule is O=C(Nc1ccc(C(F)(F)F)cc1)N1CC(c2ccccc2)C(c2ccc(Cl)cc2)N1C(=O)CCl. The number of nitrogens with zero attached hydrogens (tertiary/aromatic N) is 2. The third-order valence-corrected chi connectivity index (χ3v) is 6.26. The summed E-state index contributed by atoms with van der Waals surface area (Å²) < 4.78 is 38.6. The summed E-state index contributed by atoms with van der Waals surface area (Å²) in [6.45, 7) is 0.145. The highest BCUT2D eigenvalue weighted by molar-refractivity contribution is 6.30. The molecule has 0 saturated carbocycles. The van der Waals surface area contributed by atoms with E-state index >= 15 is 0 Å². The topological polar surface area (TPSA) is 52.7 Å². The number of rotatable bonds is 4. The van der Waals surface area contributed by atoms with Gasteiger partial charge in [0, 0.05) is 16.6 Å². The minimum atomic E-state index is -4.49. The van der Waals surface area contributed by atoms with Gasteiger partial charge in [-0.15, -0.1) is 11.6 Å². The van der Waals surface area contributed by atoms with E-state index in [4.69, 9.17) is 23.2 Å². The molecule has 5 nitrogen and oxygen atoms in total. The van der Waals surface area contributed by atoms with Gasteiger partial charge in [-0.05, 0) is 47.5 Å². The Bertz CT molecular complexity index is 1190. The minimum Gasteiger partial charge on any atom is -0.306 e. The Morgan fingerprint density at radius 1 is 0.914 bits per heavy atom. The minimum absolute atomic E-state index is 0.145. The van der Waals surface area contributed by atoms with Crippen LogP contribution in [0.25, 0.3) is 0 Å². The number of urea groups is 1. The van der Waals surface area contributed by atoms with E-state index in [9.17, 15) is 22.8 Å². The lowest BCUT2D eigenvalue weighted by atomic mass is 9.88. The van der Waals surface area contributed by atoms with Crippen molar-refractivity contribution in [3.05, 3.63) is 101 Å². The van der Waals surface area contributed by atoms with Crippen molar-refractivity contribution in [3.63, 3.8) is 0 Å². The van der Waals surface area contributed by atoms with Crippen LogP contribution in [0, 0.1) is 0 Å².